The molecule has 1 heterocycles. The molecule has 1 amide bonds. The fourth-order valence-electron chi connectivity index (χ4n) is 1.07. The van der Waals surface area contributed by atoms with Crippen LogP contribution in [0.15, 0.2) is 11.6 Å². The number of amides is 1. The maximum atomic E-state index is 11.4. The monoisotopic (exact) mass is 170 g/mol. The number of carbonyl (C=O) groups is 1. The standard InChI is InChI=1S/C8H14N2O2/c1-7(3-4-9)8(11)10-5-2-6-12-10/h3H,2,4-6,9H2,1H3/b7-3+. The van der Waals surface area contributed by atoms with Crippen LogP contribution >= 0.6 is 0 Å². The molecule has 1 saturated heterocycles. The van der Waals surface area contributed by atoms with Gasteiger partial charge in [0.2, 0.25) is 0 Å². The number of rotatable bonds is 2. The minimum Gasteiger partial charge on any atom is -0.327 e. The Morgan fingerprint density at radius 3 is 3.00 bits per heavy atom. The van der Waals surface area contributed by atoms with E-state index in [1.165, 1.54) is 5.06 Å². The first kappa shape index (κ1) is 9.22. The fraction of sp³-hybridized carbons (Fsp3) is 0.625. The topological polar surface area (TPSA) is 55.6 Å². The van der Waals surface area contributed by atoms with Crippen LogP contribution in [0.2, 0.25) is 0 Å². The molecule has 0 saturated carbocycles. The minimum absolute atomic E-state index is 0.0713. The van der Waals surface area contributed by atoms with Crippen LogP contribution in [-0.4, -0.2) is 30.7 Å². The van der Waals surface area contributed by atoms with Gasteiger partial charge in [-0.2, -0.15) is 0 Å². The number of hydroxylamine groups is 2. The molecule has 0 bridgehead atoms. The highest BCUT2D eigenvalue weighted by Gasteiger charge is 2.19. The zero-order valence-electron chi connectivity index (χ0n) is 7.25. The lowest BCUT2D eigenvalue weighted by molar-refractivity contribution is -0.163. The smallest absolute Gasteiger partial charge is 0.272 e. The Balaban J connectivity index is 2.51. The minimum atomic E-state index is -0.0713. The Bertz CT molecular complexity index is 195. The second-order valence-corrected chi connectivity index (χ2v) is 2.72. The highest BCUT2D eigenvalue weighted by Crippen LogP contribution is 2.08. The Morgan fingerprint density at radius 2 is 2.50 bits per heavy atom. The first-order chi connectivity index (χ1) is 5.75. The maximum Gasteiger partial charge on any atom is 0.272 e. The third-order valence-corrected chi connectivity index (χ3v) is 1.74. The van der Waals surface area contributed by atoms with Crippen molar-refractivity contribution in [2.75, 3.05) is 19.7 Å². The molecule has 0 aromatic rings. The molecule has 2 N–H and O–H groups in total. The average Bonchev–Trinajstić information content (AvgIpc) is 2.55. The Morgan fingerprint density at radius 1 is 1.75 bits per heavy atom. The van der Waals surface area contributed by atoms with Gasteiger partial charge in [-0.3, -0.25) is 9.63 Å². The van der Waals surface area contributed by atoms with E-state index in [0.717, 1.165) is 6.42 Å². The molecule has 68 valence electrons. The van der Waals surface area contributed by atoms with Crippen molar-refractivity contribution in [1.29, 1.82) is 0 Å². The quantitative estimate of drug-likeness (QED) is 0.596. The van der Waals surface area contributed by atoms with Gasteiger partial charge in [-0.15, -0.1) is 0 Å². The van der Waals surface area contributed by atoms with Crippen molar-refractivity contribution >= 4 is 5.91 Å². The van der Waals surface area contributed by atoms with E-state index >= 15 is 0 Å². The molecule has 12 heavy (non-hydrogen) atoms. The number of hydrogen-bond acceptors (Lipinski definition) is 3. The van der Waals surface area contributed by atoms with Gasteiger partial charge in [0.1, 0.15) is 0 Å². The van der Waals surface area contributed by atoms with Crippen LogP contribution in [0.5, 0.6) is 0 Å². The molecule has 0 aromatic carbocycles. The summed E-state index contributed by atoms with van der Waals surface area (Å²) in [5.74, 6) is -0.0713. The molecule has 0 aromatic heterocycles. The largest absolute Gasteiger partial charge is 0.327 e. The van der Waals surface area contributed by atoms with E-state index in [1.54, 1.807) is 13.0 Å². The lowest BCUT2D eigenvalue weighted by atomic mass is 10.2. The van der Waals surface area contributed by atoms with Crippen LogP contribution in [0, 0.1) is 0 Å². The highest BCUT2D eigenvalue weighted by molar-refractivity contribution is 5.92. The van der Waals surface area contributed by atoms with Crippen molar-refractivity contribution in [3.05, 3.63) is 11.6 Å². The second kappa shape index (κ2) is 4.23. The zero-order valence-corrected chi connectivity index (χ0v) is 7.25. The van der Waals surface area contributed by atoms with Crippen molar-refractivity contribution in [2.24, 2.45) is 5.73 Å². The van der Waals surface area contributed by atoms with Crippen molar-refractivity contribution in [1.82, 2.24) is 5.06 Å². The summed E-state index contributed by atoms with van der Waals surface area (Å²) in [6, 6.07) is 0. The van der Waals surface area contributed by atoms with E-state index in [4.69, 9.17) is 10.6 Å². The summed E-state index contributed by atoms with van der Waals surface area (Å²) < 4.78 is 0. The Hall–Kier alpha value is -0.870. The van der Waals surface area contributed by atoms with E-state index in [-0.39, 0.29) is 5.91 Å². The van der Waals surface area contributed by atoms with Crippen LogP contribution in [0.3, 0.4) is 0 Å². The zero-order chi connectivity index (χ0) is 8.97. The van der Waals surface area contributed by atoms with Gasteiger partial charge in [-0.05, 0) is 13.3 Å². The predicted octanol–water partition coefficient (Wildman–Crippen LogP) is 0.0553. The third-order valence-electron chi connectivity index (χ3n) is 1.74. The van der Waals surface area contributed by atoms with Crippen LogP contribution < -0.4 is 5.73 Å². The van der Waals surface area contributed by atoms with E-state index in [1.807, 2.05) is 0 Å². The molecule has 0 atom stereocenters. The molecule has 1 aliphatic heterocycles. The average molecular weight is 170 g/mol. The number of carbonyl (C=O) groups excluding carboxylic acids is 1. The fourth-order valence-corrected chi connectivity index (χ4v) is 1.07. The number of hydrogen-bond donors (Lipinski definition) is 1. The van der Waals surface area contributed by atoms with Crippen LogP contribution in [-0.2, 0) is 9.63 Å². The SMILES string of the molecule is C/C(=C\CN)C(=O)N1CCCO1. The van der Waals surface area contributed by atoms with Crippen molar-refractivity contribution in [3.8, 4) is 0 Å². The van der Waals surface area contributed by atoms with E-state index < -0.39 is 0 Å². The number of nitrogens with two attached hydrogens (primary N) is 1. The molecule has 1 aliphatic rings. The lowest BCUT2D eigenvalue weighted by Crippen LogP contribution is -2.27. The molecule has 4 heteroatoms. The summed E-state index contributed by atoms with van der Waals surface area (Å²) in [6.45, 7) is 3.47. The summed E-state index contributed by atoms with van der Waals surface area (Å²) in [6.07, 6.45) is 2.62. The predicted molar refractivity (Wildman–Crippen MR) is 45.1 cm³/mol. The van der Waals surface area contributed by atoms with E-state index in [0.29, 0.717) is 25.3 Å². The summed E-state index contributed by atoms with van der Waals surface area (Å²) >= 11 is 0. The summed E-state index contributed by atoms with van der Waals surface area (Å²) in [7, 11) is 0. The van der Waals surface area contributed by atoms with Gasteiger partial charge in [-0.25, -0.2) is 5.06 Å². The lowest BCUT2D eigenvalue weighted by Gasteiger charge is -2.13. The second-order valence-electron chi connectivity index (χ2n) is 2.72. The molecular weight excluding hydrogens is 156 g/mol. The van der Waals surface area contributed by atoms with Crippen molar-refractivity contribution < 1.29 is 9.63 Å². The Kier molecular flexibility index (Phi) is 3.25. The molecule has 0 unspecified atom stereocenters. The van der Waals surface area contributed by atoms with Gasteiger partial charge in [-0.1, -0.05) is 6.08 Å². The van der Waals surface area contributed by atoms with Crippen molar-refractivity contribution in [3.63, 3.8) is 0 Å². The normalized spacial score (nSPS) is 18.5. The molecule has 1 rings (SSSR count). The Labute approximate surface area is 71.9 Å². The molecule has 0 aliphatic carbocycles. The molecular formula is C8H14N2O2. The van der Waals surface area contributed by atoms with Crippen LogP contribution in [0.4, 0.5) is 0 Å². The van der Waals surface area contributed by atoms with Gasteiger partial charge in [0.25, 0.3) is 5.91 Å². The van der Waals surface area contributed by atoms with Crippen molar-refractivity contribution in [2.45, 2.75) is 13.3 Å². The van der Waals surface area contributed by atoms with Gasteiger partial charge in [0, 0.05) is 12.1 Å². The van der Waals surface area contributed by atoms with Crippen LogP contribution in [0.1, 0.15) is 13.3 Å². The molecule has 4 nitrogen and oxygen atoms in total. The van der Waals surface area contributed by atoms with Gasteiger partial charge in [0.15, 0.2) is 0 Å². The van der Waals surface area contributed by atoms with Gasteiger partial charge in [0.05, 0.1) is 13.2 Å². The van der Waals surface area contributed by atoms with Gasteiger partial charge < -0.3 is 5.73 Å². The first-order valence-corrected chi connectivity index (χ1v) is 4.07. The number of nitrogens with zero attached hydrogens (tertiary/aromatic N) is 1. The third kappa shape index (κ3) is 2.06. The molecule has 1 fully saturated rings. The van der Waals surface area contributed by atoms with Gasteiger partial charge >= 0.3 is 0 Å². The molecule has 0 radical (unpaired) electrons. The maximum absolute atomic E-state index is 11.4. The first-order valence-electron chi connectivity index (χ1n) is 4.07. The molecule has 0 spiro atoms. The summed E-state index contributed by atoms with van der Waals surface area (Å²) in [5, 5.41) is 1.39. The summed E-state index contributed by atoms with van der Waals surface area (Å²) in [5.41, 5.74) is 5.93. The van der Waals surface area contributed by atoms with Crippen LogP contribution in [0.25, 0.3) is 0 Å². The summed E-state index contributed by atoms with van der Waals surface area (Å²) in [4.78, 5) is 16.5. The van der Waals surface area contributed by atoms with E-state index in [2.05, 4.69) is 0 Å². The van der Waals surface area contributed by atoms with E-state index in [9.17, 15) is 4.79 Å². The highest BCUT2D eigenvalue weighted by atomic mass is 16.7.